The van der Waals surface area contributed by atoms with Gasteiger partial charge in [-0.25, -0.2) is 0 Å². The van der Waals surface area contributed by atoms with Gasteiger partial charge >= 0.3 is 0 Å². The zero-order chi connectivity index (χ0) is 11.9. The Labute approximate surface area is 96.3 Å². The van der Waals surface area contributed by atoms with Gasteiger partial charge in [-0.2, -0.15) is 0 Å². The van der Waals surface area contributed by atoms with Crippen LogP contribution in [0, 0.1) is 11.3 Å². The van der Waals surface area contributed by atoms with Crippen LogP contribution < -0.4 is 0 Å². The number of ketones is 1. The third kappa shape index (κ3) is 2.14. The molecule has 0 aromatic carbocycles. The van der Waals surface area contributed by atoms with Crippen molar-refractivity contribution in [2.24, 2.45) is 11.3 Å². The summed E-state index contributed by atoms with van der Waals surface area (Å²) in [6.45, 7) is 5.68. The van der Waals surface area contributed by atoms with Gasteiger partial charge in [0.25, 0.3) is 0 Å². The van der Waals surface area contributed by atoms with E-state index in [9.17, 15) is 15.0 Å². The first-order valence-electron chi connectivity index (χ1n) is 6.03. The molecule has 1 aliphatic heterocycles. The van der Waals surface area contributed by atoms with Crippen LogP contribution in [0.1, 0.15) is 26.7 Å². The molecule has 2 aliphatic rings. The van der Waals surface area contributed by atoms with Gasteiger partial charge < -0.3 is 10.2 Å². The van der Waals surface area contributed by atoms with E-state index in [4.69, 9.17) is 0 Å². The van der Waals surface area contributed by atoms with E-state index >= 15 is 0 Å². The van der Waals surface area contributed by atoms with Gasteiger partial charge in [0.1, 0.15) is 5.78 Å². The number of aliphatic hydroxyl groups excluding tert-OH is 2. The Morgan fingerprint density at radius 2 is 1.88 bits per heavy atom. The number of aliphatic hydroxyl groups is 2. The van der Waals surface area contributed by atoms with Crippen molar-refractivity contribution in [3.8, 4) is 0 Å². The molecular formula is C12H21NO3. The maximum atomic E-state index is 12.0. The zero-order valence-corrected chi connectivity index (χ0v) is 10.0. The standard InChI is InChI=1S/C12H21NO3/c1-12(2)4-3-8(11(12)16)5-13-6-9(14)10(15)7-13/h8-10,14-15H,3-7H2,1-2H3. The van der Waals surface area contributed by atoms with Gasteiger partial charge in [0.2, 0.25) is 0 Å². The van der Waals surface area contributed by atoms with Crippen molar-refractivity contribution in [1.82, 2.24) is 4.90 Å². The molecule has 1 saturated carbocycles. The monoisotopic (exact) mass is 227 g/mol. The number of β-amino-alcohol motifs (C(OH)–C–C–N with tert-alkyl or cyclic N) is 2. The van der Waals surface area contributed by atoms with Crippen LogP contribution in [-0.4, -0.2) is 52.7 Å². The van der Waals surface area contributed by atoms with Crippen molar-refractivity contribution in [3.05, 3.63) is 0 Å². The minimum absolute atomic E-state index is 0.0903. The molecule has 2 fully saturated rings. The molecule has 92 valence electrons. The Morgan fingerprint density at radius 1 is 1.31 bits per heavy atom. The Kier molecular flexibility index (Phi) is 3.07. The van der Waals surface area contributed by atoms with E-state index in [1.54, 1.807) is 0 Å². The van der Waals surface area contributed by atoms with Crippen molar-refractivity contribution >= 4 is 5.78 Å². The van der Waals surface area contributed by atoms with E-state index in [0.29, 0.717) is 25.4 Å². The molecule has 2 rings (SSSR count). The smallest absolute Gasteiger partial charge is 0.142 e. The summed E-state index contributed by atoms with van der Waals surface area (Å²) in [5.74, 6) is 0.427. The lowest BCUT2D eigenvalue weighted by Crippen LogP contribution is -2.33. The summed E-state index contributed by atoms with van der Waals surface area (Å²) in [6.07, 6.45) is 0.596. The highest BCUT2D eigenvalue weighted by atomic mass is 16.3. The van der Waals surface area contributed by atoms with Gasteiger partial charge in [-0.05, 0) is 12.8 Å². The number of carbonyl (C=O) groups is 1. The second-order valence-electron chi connectivity index (χ2n) is 5.84. The molecule has 2 N–H and O–H groups in total. The fourth-order valence-corrected chi connectivity index (χ4v) is 2.82. The van der Waals surface area contributed by atoms with Crippen molar-refractivity contribution in [3.63, 3.8) is 0 Å². The number of hydrogen-bond donors (Lipinski definition) is 2. The van der Waals surface area contributed by atoms with Gasteiger partial charge in [0.05, 0.1) is 12.2 Å². The van der Waals surface area contributed by atoms with Gasteiger partial charge in [-0.15, -0.1) is 0 Å². The molecule has 1 aliphatic carbocycles. The third-order valence-electron chi connectivity index (χ3n) is 3.97. The molecule has 16 heavy (non-hydrogen) atoms. The van der Waals surface area contributed by atoms with E-state index in [1.165, 1.54) is 0 Å². The first-order chi connectivity index (χ1) is 7.40. The van der Waals surface area contributed by atoms with E-state index in [2.05, 4.69) is 0 Å². The fraction of sp³-hybridized carbons (Fsp3) is 0.917. The lowest BCUT2D eigenvalue weighted by atomic mass is 9.89. The lowest BCUT2D eigenvalue weighted by Gasteiger charge is -2.20. The lowest BCUT2D eigenvalue weighted by molar-refractivity contribution is -0.127. The number of nitrogens with zero attached hydrogens (tertiary/aromatic N) is 1. The van der Waals surface area contributed by atoms with Crippen molar-refractivity contribution < 1.29 is 15.0 Å². The SMILES string of the molecule is CC1(C)CCC(CN2CC(O)C(O)C2)C1=O. The van der Waals surface area contributed by atoms with Crippen LogP contribution in [0.4, 0.5) is 0 Å². The van der Waals surface area contributed by atoms with Crippen LogP contribution >= 0.6 is 0 Å². The summed E-state index contributed by atoms with van der Waals surface area (Å²) >= 11 is 0. The van der Waals surface area contributed by atoms with E-state index in [0.717, 1.165) is 12.8 Å². The van der Waals surface area contributed by atoms with Gasteiger partial charge in [-0.1, -0.05) is 13.8 Å². The molecule has 4 nitrogen and oxygen atoms in total. The predicted molar refractivity (Wildman–Crippen MR) is 60.0 cm³/mol. The fourth-order valence-electron chi connectivity index (χ4n) is 2.82. The number of likely N-dealkylation sites (tertiary alicyclic amines) is 1. The average molecular weight is 227 g/mol. The van der Waals surface area contributed by atoms with Crippen molar-refractivity contribution in [2.75, 3.05) is 19.6 Å². The maximum Gasteiger partial charge on any atom is 0.142 e. The average Bonchev–Trinajstić information content (AvgIpc) is 2.62. The Hall–Kier alpha value is -0.450. The number of hydrogen-bond acceptors (Lipinski definition) is 4. The van der Waals surface area contributed by atoms with Crippen LogP contribution in [0.25, 0.3) is 0 Å². The maximum absolute atomic E-state index is 12.0. The summed E-state index contributed by atoms with van der Waals surface area (Å²) in [5, 5.41) is 18.9. The molecule has 0 spiro atoms. The van der Waals surface area contributed by atoms with Gasteiger partial charge in [0.15, 0.2) is 0 Å². The summed E-state index contributed by atoms with van der Waals surface area (Å²) in [5.41, 5.74) is -0.179. The minimum Gasteiger partial charge on any atom is -0.389 e. The van der Waals surface area contributed by atoms with Crippen LogP contribution in [-0.2, 0) is 4.79 Å². The highest BCUT2D eigenvalue weighted by molar-refractivity contribution is 5.88. The Bertz CT molecular complexity index is 280. The number of carbonyl (C=O) groups excluding carboxylic acids is 1. The highest BCUT2D eigenvalue weighted by Gasteiger charge is 2.42. The van der Waals surface area contributed by atoms with Crippen LogP contribution in [0.2, 0.25) is 0 Å². The first-order valence-corrected chi connectivity index (χ1v) is 6.03. The molecule has 0 bridgehead atoms. The van der Waals surface area contributed by atoms with Crippen LogP contribution in [0.5, 0.6) is 0 Å². The van der Waals surface area contributed by atoms with Gasteiger partial charge in [0, 0.05) is 31.0 Å². The predicted octanol–water partition coefficient (Wildman–Crippen LogP) is 0.0291. The second kappa shape index (κ2) is 4.09. The number of rotatable bonds is 2. The van der Waals surface area contributed by atoms with Gasteiger partial charge in [-0.3, -0.25) is 9.69 Å². The normalized spacial score (nSPS) is 39.5. The van der Waals surface area contributed by atoms with E-state index < -0.39 is 12.2 Å². The number of Topliss-reactive ketones (excluding diaryl/α,β-unsaturated/α-hetero) is 1. The summed E-state index contributed by atoms with van der Waals surface area (Å²) in [7, 11) is 0. The first kappa shape index (κ1) is 12.0. The second-order valence-corrected chi connectivity index (χ2v) is 5.84. The topological polar surface area (TPSA) is 60.8 Å². The molecule has 1 saturated heterocycles. The van der Waals surface area contributed by atoms with Crippen LogP contribution in [0.3, 0.4) is 0 Å². The summed E-state index contributed by atoms with van der Waals surface area (Å²) in [6, 6.07) is 0. The minimum atomic E-state index is -0.649. The Morgan fingerprint density at radius 3 is 2.31 bits per heavy atom. The third-order valence-corrected chi connectivity index (χ3v) is 3.97. The molecule has 0 aromatic rings. The molecule has 0 aromatic heterocycles. The molecular weight excluding hydrogens is 206 g/mol. The van der Waals surface area contributed by atoms with Crippen molar-refractivity contribution in [2.45, 2.75) is 38.9 Å². The largest absolute Gasteiger partial charge is 0.389 e. The summed E-state index contributed by atoms with van der Waals surface area (Å²) < 4.78 is 0. The quantitative estimate of drug-likeness (QED) is 0.698. The summed E-state index contributed by atoms with van der Waals surface area (Å²) in [4.78, 5) is 14.0. The molecule has 0 amide bonds. The highest BCUT2D eigenvalue weighted by Crippen LogP contribution is 2.38. The van der Waals surface area contributed by atoms with Crippen LogP contribution in [0.15, 0.2) is 0 Å². The molecule has 1 heterocycles. The molecule has 0 radical (unpaired) electrons. The molecule has 3 unspecified atom stereocenters. The zero-order valence-electron chi connectivity index (χ0n) is 10.0. The van der Waals surface area contributed by atoms with E-state index in [-0.39, 0.29) is 11.3 Å². The Balaban J connectivity index is 1.90. The molecule has 3 atom stereocenters. The van der Waals surface area contributed by atoms with Crippen molar-refractivity contribution in [1.29, 1.82) is 0 Å². The van der Waals surface area contributed by atoms with E-state index in [1.807, 2.05) is 18.7 Å². The molecule has 4 heteroatoms.